The lowest BCUT2D eigenvalue weighted by Crippen LogP contribution is -2.14. The molecule has 3 rings (SSSR count). The molecule has 4 heteroatoms. The molecule has 0 aliphatic carbocycles. The summed E-state index contributed by atoms with van der Waals surface area (Å²) >= 11 is 6.25. The topological polar surface area (TPSA) is 42.0 Å². The normalized spacial score (nSPS) is 10.5. The van der Waals surface area contributed by atoms with Gasteiger partial charge in [-0.2, -0.15) is 0 Å². The fourth-order valence-corrected chi connectivity index (χ4v) is 2.73. The zero-order valence-electron chi connectivity index (χ0n) is 13.5. The number of nitrogens with zero attached hydrogens (tertiary/aromatic N) is 1. The largest absolute Gasteiger partial charge is 0.307 e. The molecule has 1 N–H and O–H groups in total. The molecule has 24 heavy (non-hydrogen) atoms. The molecule has 120 valence electrons. The van der Waals surface area contributed by atoms with Gasteiger partial charge in [0.15, 0.2) is 0 Å². The minimum atomic E-state index is -0.165. The van der Waals surface area contributed by atoms with Gasteiger partial charge in [-0.25, -0.2) is 4.98 Å². The summed E-state index contributed by atoms with van der Waals surface area (Å²) in [4.78, 5) is 16.6. The third-order valence-corrected chi connectivity index (χ3v) is 4.16. The predicted molar refractivity (Wildman–Crippen MR) is 98.6 cm³/mol. The van der Waals surface area contributed by atoms with Crippen LogP contribution >= 0.6 is 11.6 Å². The van der Waals surface area contributed by atoms with Crippen LogP contribution in [0.1, 0.15) is 21.5 Å². The highest BCUT2D eigenvalue weighted by Gasteiger charge is 2.10. The Labute approximate surface area is 146 Å². The Balaban J connectivity index is 1.81. The maximum absolute atomic E-state index is 12.3. The third-order valence-electron chi connectivity index (χ3n) is 3.83. The van der Waals surface area contributed by atoms with Crippen LogP contribution in [0.5, 0.6) is 0 Å². The van der Waals surface area contributed by atoms with Gasteiger partial charge in [-0.15, -0.1) is 0 Å². The van der Waals surface area contributed by atoms with Crippen molar-refractivity contribution < 1.29 is 4.79 Å². The molecular weight excluding hydrogens is 320 g/mol. The second-order valence-corrected chi connectivity index (χ2v) is 6.09. The summed E-state index contributed by atoms with van der Waals surface area (Å²) in [6.45, 7) is 3.93. The van der Waals surface area contributed by atoms with Crippen molar-refractivity contribution in [3.05, 3.63) is 82.5 Å². The summed E-state index contributed by atoms with van der Waals surface area (Å²) in [7, 11) is 0. The number of carbonyl (C=O) groups is 1. The lowest BCUT2D eigenvalue weighted by atomic mass is 10.1. The average Bonchev–Trinajstić information content (AvgIpc) is 2.58. The molecule has 0 aliphatic heterocycles. The number of carbonyl (C=O) groups excluding carboxylic acids is 1. The molecule has 0 saturated carbocycles. The van der Waals surface area contributed by atoms with Crippen molar-refractivity contribution in [2.24, 2.45) is 0 Å². The van der Waals surface area contributed by atoms with E-state index in [1.54, 1.807) is 18.3 Å². The van der Waals surface area contributed by atoms with Gasteiger partial charge in [0.2, 0.25) is 0 Å². The summed E-state index contributed by atoms with van der Waals surface area (Å²) in [5, 5.41) is 3.50. The quantitative estimate of drug-likeness (QED) is 0.707. The molecule has 0 unspecified atom stereocenters. The van der Waals surface area contributed by atoms with E-state index in [0.29, 0.717) is 16.4 Å². The third kappa shape index (κ3) is 3.47. The van der Waals surface area contributed by atoms with Gasteiger partial charge in [-0.05, 0) is 49.7 Å². The molecule has 0 atom stereocenters. The Morgan fingerprint density at radius 3 is 2.54 bits per heavy atom. The number of amides is 1. The van der Waals surface area contributed by atoms with Crippen LogP contribution in [0.3, 0.4) is 0 Å². The molecule has 2 aromatic carbocycles. The van der Waals surface area contributed by atoms with Crippen LogP contribution in [0, 0.1) is 13.8 Å². The molecule has 3 aromatic rings. The number of halogens is 1. The number of aromatic nitrogens is 1. The zero-order chi connectivity index (χ0) is 17.1. The summed E-state index contributed by atoms with van der Waals surface area (Å²) in [6.07, 6.45) is 1.72. The van der Waals surface area contributed by atoms with Crippen molar-refractivity contribution in [2.75, 3.05) is 5.32 Å². The van der Waals surface area contributed by atoms with Crippen molar-refractivity contribution in [3.8, 4) is 11.1 Å². The van der Waals surface area contributed by atoms with Gasteiger partial charge in [0.1, 0.15) is 5.82 Å². The van der Waals surface area contributed by atoms with Gasteiger partial charge >= 0.3 is 0 Å². The predicted octanol–water partition coefficient (Wildman–Crippen LogP) is 5.27. The lowest BCUT2D eigenvalue weighted by Gasteiger charge is -2.09. The van der Waals surface area contributed by atoms with E-state index in [4.69, 9.17) is 11.6 Å². The van der Waals surface area contributed by atoms with Gasteiger partial charge in [-0.3, -0.25) is 4.79 Å². The first-order valence-corrected chi connectivity index (χ1v) is 8.02. The van der Waals surface area contributed by atoms with Gasteiger partial charge in [0.25, 0.3) is 5.91 Å². The second-order valence-electron chi connectivity index (χ2n) is 5.68. The van der Waals surface area contributed by atoms with Crippen LogP contribution in [-0.4, -0.2) is 10.9 Å². The smallest absolute Gasteiger partial charge is 0.257 e. The highest BCUT2D eigenvalue weighted by atomic mass is 35.5. The van der Waals surface area contributed by atoms with Crippen molar-refractivity contribution in [1.29, 1.82) is 0 Å². The molecule has 0 saturated heterocycles. The van der Waals surface area contributed by atoms with Crippen LogP contribution < -0.4 is 5.32 Å². The fraction of sp³-hybridized carbons (Fsp3) is 0.100. The van der Waals surface area contributed by atoms with Crippen LogP contribution in [0.15, 0.2) is 60.8 Å². The molecule has 1 amide bonds. The van der Waals surface area contributed by atoms with Gasteiger partial charge in [-0.1, -0.05) is 41.4 Å². The monoisotopic (exact) mass is 336 g/mol. The van der Waals surface area contributed by atoms with E-state index < -0.39 is 0 Å². The molecule has 0 fully saturated rings. The number of pyridine rings is 1. The highest BCUT2D eigenvalue weighted by molar-refractivity contribution is 6.33. The molecule has 3 nitrogen and oxygen atoms in total. The summed E-state index contributed by atoms with van der Waals surface area (Å²) < 4.78 is 0. The van der Waals surface area contributed by atoms with Crippen molar-refractivity contribution in [2.45, 2.75) is 13.8 Å². The lowest BCUT2D eigenvalue weighted by molar-refractivity contribution is 0.102. The minimum absolute atomic E-state index is 0.165. The van der Waals surface area contributed by atoms with Gasteiger partial charge < -0.3 is 5.32 Å². The molecule has 0 aliphatic rings. The first-order chi connectivity index (χ1) is 11.5. The SMILES string of the molecule is Cc1ccc(Cl)c(-c2ccc(NC(=O)c3ccccc3C)nc2)c1. The Hall–Kier alpha value is -2.65. The Morgan fingerprint density at radius 1 is 1.04 bits per heavy atom. The van der Waals surface area contributed by atoms with Crippen LogP contribution in [-0.2, 0) is 0 Å². The maximum Gasteiger partial charge on any atom is 0.257 e. The van der Waals surface area contributed by atoms with Crippen molar-refractivity contribution in [1.82, 2.24) is 4.98 Å². The number of hydrogen-bond donors (Lipinski definition) is 1. The fourth-order valence-electron chi connectivity index (χ4n) is 2.50. The van der Waals surface area contributed by atoms with E-state index >= 15 is 0 Å². The first kappa shape index (κ1) is 16.2. The van der Waals surface area contributed by atoms with E-state index in [1.807, 2.05) is 56.3 Å². The van der Waals surface area contributed by atoms with E-state index in [9.17, 15) is 4.79 Å². The average molecular weight is 337 g/mol. The second kappa shape index (κ2) is 6.85. The van der Waals surface area contributed by atoms with E-state index in [1.165, 1.54) is 0 Å². The van der Waals surface area contributed by atoms with Crippen LogP contribution in [0.25, 0.3) is 11.1 Å². The molecular formula is C20H17ClN2O. The molecule has 0 spiro atoms. The number of nitrogens with one attached hydrogen (secondary N) is 1. The molecule has 1 heterocycles. The van der Waals surface area contributed by atoms with E-state index in [2.05, 4.69) is 10.3 Å². The highest BCUT2D eigenvalue weighted by Crippen LogP contribution is 2.28. The van der Waals surface area contributed by atoms with Crippen LogP contribution in [0.2, 0.25) is 5.02 Å². The molecule has 1 aromatic heterocycles. The Bertz CT molecular complexity index is 888. The number of hydrogen-bond acceptors (Lipinski definition) is 2. The standard InChI is InChI=1S/C20H17ClN2O/c1-13-7-9-18(21)17(11-13)15-8-10-19(22-12-15)23-20(24)16-6-4-3-5-14(16)2/h3-12H,1-2H3,(H,22,23,24). The Kier molecular flexibility index (Phi) is 4.63. The van der Waals surface area contributed by atoms with Crippen molar-refractivity contribution in [3.63, 3.8) is 0 Å². The van der Waals surface area contributed by atoms with Crippen molar-refractivity contribution >= 4 is 23.3 Å². The number of aryl methyl sites for hydroxylation is 2. The number of anilines is 1. The molecule has 0 bridgehead atoms. The number of benzene rings is 2. The summed E-state index contributed by atoms with van der Waals surface area (Å²) in [5.41, 5.74) is 4.55. The first-order valence-electron chi connectivity index (χ1n) is 7.64. The van der Waals surface area contributed by atoms with Gasteiger partial charge in [0.05, 0.1) is 0 Å². The summed E-state index contributed by atoms with van der Waals surface area (Å²) in [5.74, 6) is 0.345. The van der Waals surface area contributed by atoms with E-state index in [0.717, 1.165) is 22.3 Å². The van der Waals surface area contributed by atoms with E-state index in [-0.39, 0.29) is 5.91 Å². The zero-order valence-corrected chi connectivity index (χ0v) is 14.3. The van der Waals surface area contributed by atoms with Gasteiger partial charge in [0, 0.05) is 27.9 Å². The van der Waals surface area contributed by atoms with Crippen LogP contribution in [0.4, 0.5) is 5.82 Å². The summed E-state index contributed by atoms with van der Waals surface area (Å²) in [6, 6.07) is 17.0. The Morgan fingerprint density at radius 2 is 1.83 bits per heavy atom. The molecule has 0 radical (unpaired) electrons. The number of rotatable bonds is 3. The maximum atomic E-state index is 12.3. The minimum Gasteiger partial charge on any atom is -0.307 e.